The number of nitrogens with zero attached hydrogens (tertiary/aromatic N) is 7. The van der Waals surface area contributed by atoms with Gasteiger partial charge in [0, 0.05) is 58.8 Å². The van der Waals surface area contributed by atoms with Gasteiger partial charge in [-0.2, -0.15) is 0 Å². The molecule has 13 heteroatoms. The van der Waals surface area contributed by atoms with Crippen molar-refractivity contribution in [1.82, 2.24) is 33.2 Å². The van der Waals surface area contributed by atoms with Crippen LogP contribution in [0, 0.1) is 20.8 Å². The molecule has 3 unspecified atom stereocenters. The van der Waals surface area contributed by atoms with Gasteiger partial charge in [0.05, 0.1) is 61.4 Å². The van der Waals surface area contributed by atoms with Gasteiger partial charge in [-0.25, -0.2) is 15.0 Å². The highest BCUT2D eigenvalue weighted by Crippen LogP contribution is 2.55. The molecule has 7 heterocycles. The summed E-state index contributed by atoms with van der Waals surface area (Å²) in [5.74, 6) is 2.68. The van der Waals surface area contributed by atoms with E-state index in [0.717, 1.165) is 188 Å². The maximum Gasteiger partial charge on any atom is 0.175 e. The molecule has 0 bridgehead atoms. The molecule has 0 fully saturated rings. The third-order valence-corrected chi connectivity index (χ3v) is 37.7. The lowest BCUT2D eigenvalue weighted by Crippen LogP contribution is -2.33. The second-order valence-electron chi connectivity index (χ2n) is 36.5. The highest BCUT2D eigenvalue weighted by molar-refractivity contribution is 7.87. The normalized spacial score (nSPS) is 15.3. The zero-order chi connectivity index (χ0) is 92.9. The van der Waals surface area contributed by atoms with E-state index in [1.165, 1.54) is 65.1 Å². The summed E-state index contributed by atoms with van der Waals surface area (Å²) in [5, 5.41) is 18.5. The molecular weight excluding hydrogens is 1750 g/mol. The van der Waals surface area contributed by atoms with Crippen molar-refractivity contribution in [2.45, 2.75) is 20.8 Å². The molecule has 4 aromatic heterocycles. The molecule has 0 N–H and O–H groups in total. The van der Waals surface area contributed by atoms with E-state index >= 15 is 13.7 Å². The molecule has 25 aromatic rings. The van der Waals surface area contributed by atoms with Gasteiger partial charge in [-0.05, 0) is 282 Å². The maximum absolute atomic E-state index is 15.8. The van der Waals surface area contributed by atoms with Crippen LogP contribution in [0.2, 0.25) is 0 Å². The van der Waals surface area contributed by atoms with Gasteiger partial charge < -0.3 is 18.3 Å². The second-order valence-corrected chi connectivity index (χ2v) is 44.6. The van der Waals surface area contributed by atoms with Gasteiger partial charge in [0.2, 0.25) is 0 Å². The molecule has 0 amide bonds. The average molecular weight is 1840 g/mol. The summed E-state index contributed by atoms with van der Waals surface area (Å²) in [6.07, 6.45) is 0. The first-order valence-corrected chi connectivity index (χ1v) is 52.2. The van der Waals surface area contributed by atoms with Crippen LogP contribution in [0.3, 0.4) is 0 Å². The van der Waals surface area contributed by atoms with Crippen LogP contribution in [-0.2, 0) is 13.7 Å². The molecule has 21 aromatic carbocycles. The number of benzene rings is 21. The fraction of sp³-hybridized carbons (Fsp3) is 0.0238. The Kier molecular flexibility index (Phi) is 19.6. The highest BCUT2D eigenvalue weighted by atomic mass is 31.2. The van der Waals surface area contributed by atoms with Crippen molar-refractivity contribution < 1.29 is 13.7 Å². The molecule has 0 aliphatic carbocycles. The van der Waals surface area contributed by atoms with Gasteiger partial charge in [0.1, 0.15) is 17.5 Å². The molecule has 3 atom stereocenters. The first-order chi connectivity index (χ1) is 68.2. The standard InChI is InChI=1S/C46H31N2OP.C40H28N3OP.C40H27N2OP/c1-30-47-42-16-9-17-44-46(42)48(30)43-23-22-37(29-45(43)50(44,49)41-14-3-2-4-15-41)40-27-38(35-20-18-31-10-5-7-12-33(31)24-35)26-39(28-40)36-21-19-32-11-6-8-13-34(32)25-36;1-27-41-34-16-10-18-38-40(34)42(27)36-24-23-30(26-39(36)45(38,44)33-14-6-3-7-15-33)28-19-21-29(22-20-28)37-25-31-11-8-9-17-35(31)43(37)32-12-4-2-5-13-32;1-26-41-36-12-7-13-38-40(36)42(26)37-21-20-34(25-39(37)44(38,43)35-10-3-2-4-11-35)33-19-18-31-23-30(16-17-32(31)24-33)29-15-14-27-8-5-6-9-28(27)22-29/h2-29H,1H3;2-26H,1H3;2-25H,1H3. The first-order valence-electron chi connectivity index (χ1n) is 47.1. The van der Waals surface area contributed by atoms with Crippen LogP contribution in [0.4, 0.5) is 0 Å². The average Bonchev–Trinajstić information content (AvgIpc) is 1.69. The minimum Gasteiger partial charge on any atom is -0.309 e. The van der Waals surface area contributed by atoms with Crippen molar-refractivity contribution in [3.05, 3.63) is 485 Å². The molecule has 658 valence electrons. The molecule has 10 nitrogen and oxygen atoms in total. The summed E-state index contributed by atoms with van der Waals surface area (Å²) in [5.41, 5.74) is 26.2. The van der Waals surface area contributed by atoms with Crippen molar-refractivity contribution in [2.75, 3.05) is 0 Å². The van der Waals surface area contributed by atoms with Crippen molar-refractivity contribution >= 4 is 156 Å². The third-order valence-electron chi connectivity index (χ3n) is 28.4. The molecule has 0 radical (unpaired) electrons. The van der Waals surface area contributed by atoms with E-state index < -0.39 is 21.4 Å². The molecular formula is C126H86N7O3P3. The number of imidazole rings is 3. The van der Waals surface area contributed by atoms with Crippen LogP contribution in [0.25, 0.3) is 188 Å². The fourth-order valence-electron chi connectivity index (χ4n) is 21.8. The molecule has 139 heavy (non-hydrogen) atoms. The number of aromatic nitrogens is 7. The number of hydrogen-bond donors (Lipinski definition) is 0. The largest absolute Gasteiger partial charge is 0.309 e. The molecule has 3 aliphatic rings. The van der Waals surface area contributed by atoms with E-state index in [1.807, 2.05) is 172 Å². The number of aryl methyl sites for hydroxylation is 3. The summed E-state index contributed by atoms with van der Waals surface area (Å²) in [6.45, 7) is 6.08. The maximum atomic E-state index is 15.8. The Bertz CT molecular complexity index is 9460. The Morgan fingerprint density at radius 2 is 0.453 bits per heavy atom. The predicted octanol–water partition coefficient (Wildman–Crippen LogP) is 28.1. The highest BCUT2D eigenvalue weighted by Gasteiger charge is 2.44. The van der Waals surface area contributed by atoms with Crippen LogP contribution in [0.15, 0.2) is 467 Å². The summed E-state index contributed by atoms with van der Waals surface area (Å²) in [7, 11) is -9.60. The van der Waals surface area contributed by atoms with E-state index in [4.69, 9.17) is 15.0 Å². The van der Waals surface area contributed by atoms with Gasteiger partial charge in [0.25, 0.3) is 0 Å². The van der Waals surface area contributed by atoms with E-state index in [0.29, 0.717) is 0 Å². The van der Waals surface area contributed by atoms with Gasteiger partial charge in [-0.1, -0.05) is 322 Å². The minimum absolute atomic E-state index is 0.831. The van der Waals surface area contributed by atoms with Gasteiger partial charge in [-0.15, -0.1) is 0 Å². The Hall–Kier alpha value is -16.7. The first kappa shape index (κ1) is 82.9. The molecule has 0 saturated heterocycles. The van der Waals surface area contributed by atoms with Crippen LogP contribution >= 0.6 is 21.4 Å². The monoisotopic (exact) mass is 1840 g/mol. The van der Waals surface area contributed by atoms with Crippen molar-refractivity contribution in [2.24, 2.45) is 0 Å². The SMILES string of the molecule is Cc1nc2cccc3c2n1-c1ccc(-c2cc(-c4ccc5ccccc5c4)cc(-c4ccc5ccccc5c4)c2)cc1P3(=O)c1ccccc1.Cc1nc2cccc3c2n1-c1ccc(-c2ccc(-c4cc5ccccc5n4-c4ccccc4)cc2)cc1P3(=O)c1ccccc1.Cc1nc2cccc3c2n1-c1ccc(-c2ccc4cc(-c5ccc6ccccc6c5)ccc4c2)cc1P3(=O)c1ccccc1. The van der Waals surface area contributed by atoms with Crippen molar-refractivity contribution in [3.8, 4) is 101 Å². The number of rotatable bonds is 11. The number of hydrogen-bond acceptors (Lipinski definition) is 6. The zero-order valence-electron chi connectivity index (χ0n) is 76.2. The lowest BCUT2D eigenvalue weighted by Gasteiger charge is -2.29. The number of fused-ring (bicyclic) bond motifs is 11. The van der Waals surface area contributed by atoms with E-state index in [2.05, 4.69) is 334 Å². The van der Waals surface area contributed by atoms with E-state index in [9.17, 15) is 0 Å². The van der Waals surface area contributed by atoms with Crippen molar-refractivity contribution in [3.63, 3.8) is 0 Å². The molecule has 28 rings (SSSR count). The minimum atomic E-state index is -3.25. The lowest BCUT2D eigenvalue weighted by molar-refractivity contribution is 0.591. The summed E-state index contributed by atoms with van der Waals surface area (Å²) in [6, 6.07) is 163. The molecule has 3 aliphatic heterocycles. The second kappa shape index (κ2) is 32.8. The zero-order valence-corrected chi connectivity index (χ0v) is 78.8. The predicted molar refractivity (Wildman–Crippen MR) is 581 cm³/mol. The quantitative estimate of drug-likeness (QED) is 0.119. The van der Waals surface area contributed by atoms with Crippen LogP contribution in [-0.4, -0.2) is 33.2 Å². The fourth-order valence-corrected chi connectivity index (χ4v) is 30.9. The van der Waals surface area contributed by atoms with Crippen LogP contribution < -0.4 is 47.7 Å². The van der Waals surface area contributed by atoms with Crippen LogP contribution in [0.1, 0.15) is 17.5 Å². The van der Waals surface area contributed by atoms with E-state index in [-0.39, 0.29) is 0 Å². The topological polar surface area (TPSA) is 110 Å². The van der Waals surface area contributed by atoms with Crippen LogP contribution in [0.5, 0.6) is 0 Å². The lowest BCUT2D eigenvalue weighted by atomic mass is 9.92. The third kappa shape index (κ3) is 13.5. The van der Waals surface area contributed by atoms with E-state index in [1.54, 1.807) is 0 Å². The Morgan fingerprint density at radius 1 is 0.187 bits per heavy atom. The molecule has 0 spiro atoms. The van der Waals surface area contributed by atoms with Gasteiger partial charge in [-0.3, -0.25) is 13.7 Å². The summed E-state index contributed by atoms with van der Waals surface area (Å²) < 4.78 is 55.7. The summed E-state index contributed by atoms with van der Waals surface area (Å²) >= 11 is 0. The smallest absolute Gasteiger partial charge is 0.175 e. The Labute approximate surface area is 803 Å². The van der Waals surface area contributed by atoms with Crippen molar-refractivity contribution in [1.29, 1.82) is 0 Å². The van der Waals surface area contributed by atoms with Gasteiger partial charge >= 0.3 is 0 Å². The number of para-hydroxylation sites is 5. The Balaban J connectivity index is 0.000000108. The summed E-state index contributed by atoms with van der Waals surface area (Å²) in [4.78, 5) is 14.6. The van der Waals surface area contributed by atoms with Gasteiger partial charge in [0.15, 0.2) is 21.4 Å². The molecule has 0 saturated carbocycles. The Morgan fingerprint density at radius 3 is 0.820 bits per heavy atom.